The fourth-order valence-electron chi connectivity index (χ4n) is 1.65. The topological polar surface area (TPSA) is 21.3 Å². The van der Waals surface area contributed by atoms with E-state index >= 15 is 0 Å². The molecule has 1 saturated heterocycles. The number of hydrogen-bond donors (Lipinski definition) is 1. The molecule has 0 bridgehead atoms. The predicted octanol–water partition coefficient (Wildman–Crippen LogP) is 1.80. The van der Waals surface area contributed by atoms with Gasteiger partial charge in [0, 0.05) is 6.04 Å². The minimum Gasteiger partial charge on any atom is -0.378 e. The van der Waals surface area contributed by atoms with Gasteiger partial charge in [-0.1, -0.05) is 0 Å². The second-order valence-corrected chi connectivity index (χ2v) is 4.03. The smallest absolute Gasteiger partial charge is 0.0519 e. The average molecular weight is 171 g/mol. The molecule has 2 atom stereocenters. The summed E-state index contributed by atoms with van der Waals surface area (Å²) in [5, 5.41) is 3.48. The Balaban J connectivity index is 2.20. The van der Waals surface area contributed by atoms with E-state index in [-0.39, 0.29) is 0 Å². The first kappa shape index (κ1) is 10.0. The number of hydrogen-bond acceptors (Lipinski definition) is 2. The molecule has 12 heavy (non-hydrogen) atoms. The Labute approximate surface area is 75.7 Å². The molecular weight excluding hydrogens is 150 g/mol. The lowest BCUT2D eigenvalue weighted by Crippen LogP contribution is -2.41. The van der Waals surface area contributed by atoms with Crippen molar-refractivity contribution in [2.45, 2.75) is 45.8 Å². The van der Waals surface area contributed by atoms with Crippen molar-refractivity contribution in [3.63, 3.8) is 0 Å². The maximum absolute atomic E-state index is 5.61. The summed E-state index contributed by atoms with van der Waals surface area (Å²) in [5.74, 6) is 0.723. The van der Waals surface area contributed by atoms with E-state index in [4.69, 9.17) is 4.74 Å². The Hall–Kier alpha value is -0.0800. The fourth-order valence-corrected chi connectivity index (χ4v) is 1.65. The summed E-state index contributed by atoms with van der Waals surface area (Å²) in [7, 11) is 0. The van der Waals surface area contributed by atoms with E-state index in [0.29, 0.717) is 12.1 Å². The SMILES string of the molecule is CC(C)OCC1CCCNC1C. The zero-order valence-corrected chi connectivity index (χ0v) is 8.47. The van der Waals surface area contributed by atoms with Crippen molar-refractivity contribution in [2.24, 2.45) is 5.92 Å². The Morgan fingerprint density at radius 3 is 2.83 bits per heavy atom. The molecule has 0 aliphatic carbocycles. The molecule has 1 aliphatic heterocycles. The van der Waals surface area contributed by atoms with E-state index < -0.39 is 0 Å². The summed E-state index contributed by atoms with van der Waals surface area (Å²) < 4.78 is 5.61. The highest BCUT2D eigenvalue weighted by molar-refractivity contribution is 4.77. The van der Waals surface area contributed by atoms with Crippen molar-refractivity contribution in [2.75, 3.05) is 13.2 Å². The van der Waals surface area contributed by atoms with Crippen LogP contribution in [0.3, 0.4) is 0 Å². The lowest BCUT2D eigenvalue weighted by molar-refractivity contribution is 0.0343. The van der Waals surface area contributed by atoms with Crippen LogP contribution in [0.25, 0.3) is 0 Å². The van der Waals surface area contributed by atoms with Crippen LogP contribution in [0.15, 0.2) is 0 Å². The first-order valence-corrected chi connectivity index (χ1v) is 5.05. The van der Waals surface area contributed by atoms with Crippen molar-refractivity contribution in [1.29, 1.82) is 0 Å². The van der Waals surface area contributed by atoms with Gasteiger partial charge in [0.05, 0.1) is 12.7 Å². The molecule has 0 radical (unpaired) electrons. The van der Waals surface area contributed by atoms with E-state index in [0.717, 1.165) is 12.5 Å². The van der Waals surface area contributed by atoms with Crippen LogP contribution in [-0.2, 0) is 4.74 Å². The zero-order valence-electron chi connectivity index (χ0n) is 8.47. The van der Waals surface area contributed by atoms with Gasteiger partial charge < -0.3 is 10.1 Å². The summed E-state index contributed by atoms with van der Waals surface area (Å²) in [6.45, 7) is 8.56. The van der Waals surface area contributed by atoms with Gasteiger partial charge in [0.25, 0.3) is 0 Å². The van der Waals surface area contributed by atoms with Crippen LogP contribution < -0.4 is 5.32 Å². The lowest BCUT2D eigenvalue weighted by atomic mass is 9.93. The fraction of sp³-hybridized carbons (Fsp3) is 1.00. The van der Waals surface area contributed by atoms with Crippen LogP contribution >= 0.6 is 0 Å². The van der Waals surface area contributed by atoms with Crippen molar-refractivity contribution >= 4 is 0 Å². The Bertz CT molecular complexity index is 125. The molecule has 2 nitrogen and oxygen atoms in total. The van der Waals surface area contributed by atoms with Crippen LogP contribution in [0.5, 0.6) is 0 Å². The second-order valence-electron chi connectivity index (χ2n) is 4.03. The summed E-state index contributed by atoms with van der Waals surface area (Å²) >= 11 is 0. The Kier molecular flexibility index (Phi) is 4.02. The number of ether oxygens (including phenoxy) is 1. The average Bonchev–Trinajstić information content (AvgIpc) is 2.03. The summed E-state index contributed by atoms with van der Waals surface area (Å²) in [4.78, 5) is 0. The first-order valence-electron chi connectivity index (χ1n) is 5.05. The number of rotatable bonds is 3. The molecule has 0 saturated carbocycles. The van der Waals surface area contributed by atoms with Crippen LogP contribution in [0, 0.1) is 5.92 Å². The molecule has 0 spiro atoms. The predicted molar refractivity (Wildman–Crippen MR) is 51.3 cm³/mol. The third-order valence-corrected chi connectivity index (χ3v) is 2.57. The third-order valence-electron chi connectivity index (χ3n) is 2.57. The molecule has 0 aromatic heterocycles. The highest BCUT2D eigenvalue weighted by Crippen LogP contribution is 2.16. The molecule has 2 unspecified atom stereocenters. The largest absolute Gasteiger partial charge is 0.378 e. The van der Waals surface area contributed by atoms with Crippen molar-refractivity contribution in [3.05, 3.63) is 0 Å². The molecule has 2 heteroatoms. The van der Waals surface area contributed by atoms with Crippen molar-refractivity contribution < 1.29 is 4.74 Å². The highest BCUT2D eigenvalue weighted by Gasteiger charge is 2.20. The number of nitrogens with one attached hydrogen (secondary N) is 1. The van der Waals surface area contributed by atoms with E-state index in [1.165, 1.54) is 19.4 Å². The molecule has 1 rings (SSSR count). The standard InChI is InChI=1S/C10H21NO/c1-8(2)12-7-10-5-4-6-11-9(10)3/h8-11H,4-7H2,1-3H3. The van der Waals surface area contributed by atoms with Crippen molar-refractivity contribution in [3.8, 4) is 0 Å². The quantitative estimate of drug-likeness (QED) is 0.699. The van der Waals surface area contributed by atoms with Gasteiger partial charge >= 0.3 is 0 Å². The zero-order chi connectivity index (χ0) is 8.97. The van der Waals surface area contributed by atoms with Gasteiger partial charge in [-0.05, 0) is 46.1 Å². The van der Waals surface area contributed by atoms with E-state index in [1.807, 2.05) is 0 Å². The monoisotopic (exact) mass is 171 g/mol. The molecule has 72 valence electrons. The molecule has 1 aliphatic rings. The van der Waals surface area contributed by atoms with E-state index in [1.54, 1.807) is 0 Å². The summed E-state index contributed by atoms with van der Waals surface area (Å²) in [6, 6.07) is 0.637. The van der Waals surface area contributed by atoms with Gasteiger partial charge in [-0.3, -0.25) is 0 Å². The van der Waals surface area contributed by atoms with Crippen LogP contribution in [0.2, 0.25) is 0 Å². The molecule has 1 heterocycles. The normalized spacial score (nSPS) is 31.0. The van der Waals surface area contributed by atoms with Crippen molar-refractivity contribution in [1.82, 2.24) is 5.32 Å². The maximum atomic E-state index is 5.61. The molecule has 1 fully saturated rings. The molecular formula is C10H21NO. The van der Waals surface area contributed by atoms with Crippen LogP contribution in [0.1, 0.15) is 33.6 Å². The molecule has 0 aromatic rings. The molecule has 1 N–H and O–H groups in total. The third kappa shape index (κ3) is 3.11. The highest BCUT2D eigenvalue weighted by atomic mass is 16.5. The van der Waals surface area contributed by atoms with Gasteiger partial charge in [-0.2, -0.15) is 0 Å². The minimum absolute atomic E-state index is 0.374. The van der Waals surface area contributed by atoms with Gasteiger partial charge in [0.15, 0.2) is 0 Å². The maximum Gasteiger partial charge on any atom is 0.0519 e. The summed E-state index contributed by atoms with van der Waals surface area (Å²) in [5.41, 5.74) is 0. The minimum atomic E-state index is 0.374. The number of piperidine rings is 1. The second kappa shape index (κ2) is 4.83. The van der Waals surface area contributed by atoms with Crippen LogP contribution in [-0.4, -0.2) is 25.3 Å². The lowest BCUT2D eigenvalue weighted by Gasteiger charge is -2.30. The Morgan fingerprint density at radius 2 is 2.25 bits per heavy atom. The van der Waals surface area contributed by atoms with E-state index in [9.17, 15) is 0 Å². The molecule has 0 amide bonds. The van der Waals surface area contributed by atoms with Crippen LogP contribution in [0.4, 0.5) is 0 Å². The van der Waals surface area contributed by atoms with Gasteiger partial charge in [-0.15, -0.1) is 0 Å². The molecule has 0 aromatic carbocycles. The van der Waals surface area contributed by atoms with E-state index in [2.05, 4.69) is 26.1 Å². The first-order chi connectivity index (χ1) is 5.70. The summed E-state index contributed by atoms with van der Waals surface area (Å²) in [6.07, 6.45) is 3.00. The van der Waals surface area contributed by atoms with Gasteiger partial charge in [-0.25, -0.2) is 0 Å². The van der Waals surface area contributed by atoms with Gasteiger partial charge in [0.1, 0.15) is 0 Å². The van der Waals surface area contributed by atoms with Gasteiger partial charge in [0.2, 0.25) is 0 Å². The Morgan fingerprint density at radius 1 is 1.50 bits per heavy atom.